The first-order chi connectivity index (χ1) is 64.4. The van der Waals surface area contributed by atoms with Crippen LogP contribution in [0.15, 0.2) is 486 Å². The van der Waals surface area contributed by atoms with Crippen molar-refractivity contribution in [3.63, 3.8) is 0 Å². The van der Waals surface area contributed by atoms with Crippen LogP contribution >= 0.6 is 0 Å². The molecule has 0 spiro atoms. The van der Waals surface area contributed by atoms with Crippen molar-refractivity contribution in [2.75, 3.05) is 9.80 Å². The van der Waals surface area contributed by atoms with Crippen LogP contribution in [0.25, 0.3) is 164 Å². The van der Waals surface area contributed by atoms with Gasteiger partial charge in [0.15, 0.2) is 0 Å². The normalized spacial score (nSPS) is 11.4. The largest absolute Gasteiger partial charge is 1.20 e. The number of rotatable bonds is 17. The molecule has 0 saturated heterocycles. The van der Waals surface area contributed by atoms with E-state index < -0.39 is 15.1 Å². The van der Waals surface area contributed by atoms with Crippen LogP contribution in [-0.4, -0.2) is 30.1 Å². The van der Waals surface area contributed by atoms with Crippen LogP contribution in [0.3, 0.4) is 0 Å². The molecular formula is C121H83AlN5O3-. The summed E-state index contributed by atoms with van der Waals surface area (Å²) >= 11 is -2.86. The average molecular weight is 1680 g/mol. The molecule has 24 rings (SSSR count). The average Bonchev–Trinajstić information content (AvgIpc) is 0.729. The molecule has 0 atom stereocenters. The molecule has 0 N–H and O–H groups in total. The minimum atomic E-state index is -2.86. The molecule has 0 aliphatic rings. The molecule has 0 saturated carbocycles. The number of anilines is 6. The molecule has 0 bridgehead atoms. The van der Waals surface area contributed by atoms with Gasteiger partial charge >= 0.3 is 15.1 Å². The summed E-state index contributed by atoms with van der Waals surface area (Å²) < 4.78 is 19.2. The number of nitrogens with zero attached hydrogens (tertiary/aromatic N) is 5. The second-order valence-electron chi connectivity index (χ2n) is 32.5. The van der Waals surface area contributed by atoms with E-state index in [9.17, 15) is 0 Å². The lowest BCUT2D eigenvalue weighted by atomic mass is 9.85. The lowest BCUT2D eigenvalue weighted by Gasteiger charge is -2.26. The van der Waals surface area contributed by atoms with Gasteiger partial charge in [0.2, 0.25) is 0 Å². The van der Waals surface area contributed by atoms with Crippen molar-refractivity contribution in [3.8, 4) is 50.6 Å². The van der Waals surface area contributed by atoms with E-state index >= 15 is 0 Å². The SMILES string of the molecule is C(=Cc1ccc(N(c2ccc3ccccc3c2)c2ccc3ccccc3c2)cc1)c1ccc(N(c2ccc3ccccc3c2)c2ccc3ccccc3c2)cc1.[2H-].c1ccc2cc(-c3c4ccccc4c(-c4ccc(-c5cccc6ccccc56)cc4)c4ccccc34)ccc2c1.c1cnc2c([O][Al]([O]c3cccc4cccnc34)[O]c3cccc4cccnc34)cccc2c1. The van der Waals surface area contributed by atoms with E-state index in [0.717, 1.165) is 78.0 Å². The van der Waals surface area contributed by atoms with Gasteiger partial charge in [-0.2, -0.15) is 0 Å². The second kappa shape index (κ2) is 35.7. The number of aromatic nitrogens is 3. The first-order valence-electron chi connectivity index (χ1n) is 43.9. The second-order valence-corrected chi connectivity index (χ2v) is 33.7. The zero-order valence-corrected chi connectivity index (χ0v) is 72.0. The maximum Gasteiger partial charge on any atom is 1.20 e. The van der Waals surface area contributed by atoms with Gasteiger partial charge in [0, 0.05) is 68.9 Å². The molecule has 0 unspecified atom stereocenters. The third-order valence-corrected chi connectivity index (χ3v) is 25.8. The Kier molecular flexibility index (Phi) is 21.7. The summed E-state index contributed by atoms with van der Waals surface area (Å²) in [6, 6.07) is 165. The monoisotopic (exact) mass is 1680 g/mol. The molecule has 3 aromatic heterocycles. The van der Waals surface area contributed by atoms with Crippen molar-refractivity contribution in [2.45, 2.75) is 0 Å². The molecular weight excluding hydrogens is 1600 g/mol. The number of para-hydroxylation sites is 3. The smallest absolute Gasteiger partial charge is 1.00 e. The van der Waals surface area contributed by atoms with Gasteiger partial charge in [-0.3, -0.25) is 15.0 Å². The van der Waals surface area contributed by atoms with E-state index in [-0.39, 0.29) is 1.43 Å². The van der Waals surface area contributed by atoms with E-state index in [1.54, 1.807) is 18.6 Å². The lowest BCUT2D eigenvalue weighted by molar-refractivity contribution is 0.311. The van der Waals surface area contributed by atoms with Crippen molar-refractivity contribution < 1.29 is 12.8 Å². The van der Waals surface area contributed by atoms with Gasteiger partial charge in [-0.05, 0) is 246 Å². The molecule has 8 nitrogen and oxygen atoms in total. The molecule has 0 aliphatic heterocycles. The van der Waals surface area contributed by atoms with Gasteiger partial charge in [0.25, 0.3) is 0 Å². The van der Waals surface area contributed by atoms with Gasteiger partial charge in [-0.1, -0.05) is 364 Å². The maximum atomic E-state index is 6.41. The van der Waals surface area contributed by atoms with Crippen LogP contribution in [0.1, 0.15) is 12.6 Å². The molecule has 130 heavy (non-hydrogen) atoms. The van der Waals surface area contributed by atoms with Crippen LogP contribution < -0.4 is 21.2 Å². The van der Waals surface area contributed by atoms with Crippen molar-refractivity contribution in [1.29, 1.82) is 0 Å². The van der Waals surface area contributed by atoms with Crippen LogP contribution in [-0.2, 0) is 0 Å². The topological polar surface area (TPSA) is 72.8 Å². The molecule has 0 radical (unpaired) electrons. The Balaban J connectivity index is 0.000000123. The summed E-state index contributed by atoms with van der Waals surface area (Å²) in [7, 11) is 0. The summed E-state index contributed by atoms with van der Waals surface area (Å²) in [6.07, 6.45) is 9.63. The zero-order valence-electron chi connectivity index (χ0n) is 71.9. The summed E-state index contributed by atoms with van der Waals surface area (Å²) in [5.41, 5.74) is 18.9. The lowest BCUT2D eigenvalue weighted by Crippen LogP contribution is -2.37. The third kappa shape index (κ3) is 16.3. The molecule has 0 amide bonds. The standard InChI is InChI=1S/C54H38N2.C40H26.3C9H7NO.Al.H/c1-5-13-45-35-51(31-23-41(45)9-1)55(52-32-24-42-10-2-6-14-46(42)36-52)49-27-19-39(20-28-49)17-18-40-21-29-50(30-22-40)56(53-33-25-43-11-3-7-15-47(43)37-53)54-34-26-44-12-4-8-16-48(44)38-54;1-2-12-31-26-32(25-20-27(31)10-1)40-37-17-7-5-15-35(37)39(36-16-6-8-18-38(36)40)30-23-21-29(22-24-30)34-19-9-13-28-11-3-4-14-33(28)34;3*11-8-5-1-3-7-4-2-6-10-9(7)8;;/h1-38H;1-26H;3*1-6,11H;;/q;;;;;+3;-1/p-3/i;;;;;;1+1. The van der Waals surface area contributed by atoms with Crippen molar-refractivity contribution >= 4 is 180 Å². The molecule has 3 heterocycles. The van der Waals surface area contributed by atoms with E-state index in [1.165, 1.54) is 120 Å². The molecule has 21 aromatic carbocycles. The molecule has 9 heteroatoms. The fourth-order valence-electron chi connectivity index (χ4n) is 18.1. The zero-order chi connectivity index (χ0) is 86.5. The van der Waals surface area contributed by atoms with Crippen molar-refractivity contribution in [1.82, 2.24) is 15.0 Å². The van der Waals surface area contributed by atoms with Gasteiger partial charge in [-0.25, -0.2) is 0 Å². The van der Waals surface area contributed by atoms with Crippen molar-refractivity contribution in [2.24, 2.45) is 0 Å². The Morgan fingerprint density at radius 1 is 0.200 bits per heavy atom. The van der Waals surface area contributed by atoms with Crippen LogP contribution in [0.4, 0.5) is 34.1 Å². The number of fused-ring (bicyclic) bond motifs is 11. The first-order valence-corrected chi connectivity index (χ1v) is 45.3. The Bertz CT molecular complexity index is 7760. The number of hydrogen-bond acceptors (Lipinski definition) is 8. The highest BCUT2D eigenvalue weighted by atomic mass is 27.3. The minimum absolute atomic E-state index is 0. The Morgan fingerprint density at radius 2 is 0.469 bits per heavy atom. The predicted octanol–water partition coefficient (Wildman–Crippen LogP) is 32.7. The van der Waals surface area contributed by atoms with Crippen LogP contribution in [0, 0.1) is 0 Å². The number of pyridine rings is 3. The highest BCUT2D eigenvalue weighted by Crippen LogP contribution is 2.47. The van der Waals surface area contributed by atoms with Gasteiger partial charge in [-0.15, -0.1) is 0 Å². The third-order valence-electron chi connectivity index (χ3n) is 24.4. The molecule has 24 aromatic rings. The molecule has 0 fully saturated rings. The van der Waals surface area contributed by atoms with E-state index in [2.05, 4.69) is 413 Å². The summed E-state index contributed by atoms with van der Waals surface area (Å²) in [5.74, 6) is 1.82. The van der Waals surface area contributed by atoms with Crippen LogP contribution in [0.5, 0.6) is 17.2 Å². The maximum absolute atomic E-state index is 6.41. The van der Waals surface area contributed by atoms with Gasteiger partial charge in [0.05, 0.1) is 0 Å². The molecule has 0 aliphatic carbocycles. The van der Waals surface area contributed by atoms with Gasteiger partial charge in [0.1, 0.15) is 33.8 Å². The minimum Gasteiger partial charge on any atom is -1.00 e. The quantitative estimate of drug-likeness (QED) is 0.0507. The number of hydrogen-bond donors (Lipinski definition) is 0. The number of benzene rings is 21. The Hall–Kier alpha value is -16.8. The van der Waals surface area contributed by atoms with E-state index in [4.69, 9.17) is 11.4 Å². The Labute approximate surface area is 759 Å². The molecule has 614 valence electrons. The predicted molar refractivity (Wildman–Crippen MR) is 548 cm³/mol. The fourth-order valence-corrected chi connectivity index (χ4v) is 19.4. The fraction of sp³-hybridized carbons (Fsp3) is 0. The van der Waals surface area contributed by atoms with Crippen LogP contribution in [0.2, 0.25) is 0 Å². The summed E-state index contributed by atoms with van der Waals surface area (Å²) in [5, 5.41) is 23.0. The summed E-state index contributed by atoms with van der Waals surface area (Å²) in [6.45, 7) is 0. The van der Waals surface area contributed by atoms with Crippen molar-refractivity contribution in [3.05, 3.63) is 497 Å². The van der Waals surface area contributed by atoms with E-state index in [0.29, 0.717) is 17.2 Å². The Morgan fingerprint density at radius 3 is 0.846 bits per heavy atom. The highest BCUT2D eigenvalue weighted by Gasteiger charge is 2.46. The van der Waals surface area contributed by atoms with Gasteiger partial charge < -0.3 is 22.6 Å². The first kappa shape index (κ1) is 79.1. The highest BCUT2D eigenvalue weighted by molar-refractivity contribution is 6.40. The van der Waals surface area contributed by atoms with E-state index in [1.807, 2.05) is 91.0 Å². The summed E-state index contributed by atoms with van der Waals surface area (Å²) in [4.78, 5) is 18.2.